The number of benzene rings is 3. The smallest absolute Gasteiger partial charge is 0.253 e. The minimum atomic E-state index is -0.202. The van der Waals surface area contributed by atoms with Gasteiger partial charge in [0.15, 0.2) is 0 Å². The number of halogens is 1. The maximum atomic E-state index is 12.6. The van der Waals surface area contributed by atoms with Crippen molar-refractivity contribution in [1.82, 2.24) is 5.32 Å². The van der Waals surface area contributed by atoms with Crippen LogP contribution in [0.1, 0.15) is 21.5 Å². The summed E-state index contributed by atoms with van der Waals surface area (Å²) in [6.45, 7) is 2.51. The van der Waals surface area contributed by atoms with Crippen LogP contribution in [0.15, 0.2) is 77.3 Å². The molecule has 0 saturated heterocycles. The number of hydrogen-bond donors (Lipinski definition) is 3. The van der Waals surface area contributed by atoms with Crippen molar-refractivity contribution in [1.29, 1.82) is 0 Å². The summed E-state index contributed by atoms with van der Waals surface area (Å²) >= 11 is 3.40. The highest BCUT2D eigenvalue weighted by Crippen LogP contribution is 2.21. The molecular formula is C23H22BrN3O2. The van der Waals surface area contributed by atoms with Crippen LogP contribution in [0.4, 0.5) is 11.4 Å². The molecular weight excluding hydrogens is 430 g/mol. The second kappa shape index (κ2) is 9.89. The molecule has 3 N–H and O–H groups in total. The number of carbonyl (C=O) groups is 2. The number of nitrogens with one attached hydrogen (secondary N) is 3. The van der Waals surface area contributed by atoms with Gasteiger partial charge in [-0.1, -0.05) is 54.1 Å². The molecule has 0 aromatic heterocycles. The number of rotatable bonds is 7. The predicted octanol–water partition coefficient (Wildman–Crippen LogP) is 4.74. The minimum absolute atomic E-state index is 0.0452. The third kappa shape index (κ3) is 5.93. The van der Waals surface area contributed by atoms with Gasteiger partial charge in [0.05, 0.1) is 17.8 Å². The Balaban J connectivity index is 1.59. The Bertz CT molecular complexity index is 1000. The van der Waals surface area contributed by atoms with E-state index in [4.69, 9.17) is 0 Å². The molecule has 0 aliphatic rings. The predicted molar refractivity (Wildman–Crippen MR) is 120 cm³/mol. The van der Waals surface area contributed by atoms with E-state index in [1.54, 1.807) is 18.2 Å². The van der Waals surface area contributed by atoms with Crippen molar-refractivity contribution < 1.29 is 9.59 Å². The van der Waals surface area contributed by atoms with Crippen LogP contribution in [0.3, 0.4) is 0 Å². The van der Waals surface area contributed by atoms with Gasteiger partial charge in [0.2, 0.25) is 5.91 Å². The number of amides is 2. The average Bonchev–Trinajstić information content (AvgIpc) is 2.73. The van der Waals surface area contributed by atoms with Gasteiger partial charge in [-0.25, -0.2) is 0 Å². The molecule has 3 rings (SSSR count). The molecule has 3 aromatic rings. The Morgan fingerprint density at radius 3 is 2.24 bits per heavy atom. The highest BCUT2D eigenvalue weighted by atomic mass is 79.9. The maximum absolute atomic E-state index is 12.6. The van der Waals surface area contributed by atoms with E-state index in [2.05, 4.69) is 31.9 Å². The monoisotopic (exact) mass is 451 g/mol. The zero-order valence-corrected chi connectivity index (χ0v) is 17.6. The van der Waals surface area contributed by atoms with Crippen LogP contribution >= 0.6 is 15.9 Å². The van der Waals surface area contributed by atoms with Crippen LogP contribution < -0.4 is 16.0 Å². The maximum Gasteiger partial charge on any atom is 0.253 e. The Kier molecular flexibility index (Phi) is 7.03. The molecule has 0 radical (unpaired) electrons. The first-order chi connectivity index (χ1) is 14.0. The molecule has 0 unspecified atom stereocenters. The molecule has 29 heavy (non-hydrogen) atoms. The molecule has 0 aliphatic heterocycles. The van der Waals surface area contributed by atoms with Gasteiger partial charge in [0.1, 0.15) is 0 Å². The lowest BCUT2D eigenvalue weighted by molar-refractivity contribution is -0.114. The molecule has 0 fully saturated rings. The molecule has 0 bridgehead atoms. The van der Waals surface area contributed by atoms with Crippen molar-refractivity contribution in [2.75, 3.05) is 17.2 Å². The zero-order chi connectivity index (χ0) is 20.6. The van der Waals surface area contributed by atoms with Crippen LogP contribution in [0.25, 0.3) is 0 Å². The molecule has 0 spiro atoms. The van der Waals surface area contributed by atoms with Gasteiger partial charge < -0.3 is 16.0 Å². The molecule has 5 nitrogen and oxygen atoms in total. The molecule has 148 valence electrons. The first-order valence-corrected chi connectivity index (χ1v) is 10.0. The van der Waals surface area contributed by atoms with Gasteiger partial charge in [0, 0.05) is 16.7 Å². The van der Waals surface area contributed by atoms with Crippen molar-refractivity contribution in [3.8, 4) is 0 Å². The highest BCUT2D eigenvalue weighted by Gasteiger charge is 2.12. The summed E-state index contributed by atoms with van der Waals surface area (Å²) in [7, 11) is 0. The number of carbonyl (C=O) groups excluding carboxylic acids is 2. The Hall–Kier alpha value is -3.12. The van der Waals surface area contributed by atoms with E-state index in [1.165, 1.54) is 5.56 Å². The van der Waals surface area contributed by atoms with Crippen LogP contribution in [-0.2, 0) is 11.3 Å². The number of para-hydroxylation sites is 2. The summed E-state index contributed by atoms with van der Waals surface area (Å²) in [5.41, 5.74) is 4.01. The Labute approximate surface area is 178 Å². The third-order valence-electron chi connectivity index (χ3n) is 4.33. The van der Waals surface area contributed by atoms with Crippen LogP contribution in [0, 0.1) is 6.92 Å². The number of hydrogen-bond acceptors (Lipinski definition) is 3. The molecule has 2 amide bonds. The van der Waals surface area contributed by atoms with Crippen molar-refractivity contribution in [3.63, 3.8) is 0 Å². The quantitative estimate of drug-likeness (QED) is 0.485. The Morgan fingerprint density at radius 1 is 0.862 bits per heavy atom. The minimum Gasteiger partial charge on any atom is -0.376 e. The van der Waals surface area contributed by atoms with Crippen molar-refractivity contribution in [2.45, 2.75) is 13.5 Å². The molecule has 0 saturated carbocycles. The van der Waals surface area contributed by atoms with E-state index in [0.717, 1.165) is 10.0 Å². The topological polar surface area (TPSA) is 70.2 Å². The van der Waals surface area contributed by atoms with E-state index in [-0.39, 0.29) is 18.4 Å². The normalized spacial score (nSPS) is 10.3. The van der Waals surface area contributed by atoms with E-state index in [0.29, 0.717) is 23.5 Å². The van der Waals surface area contributed by atoms with Crippen LogP contribution in [-0.4, -0.2) is 18.4 Å². The van der Waals surface area contributed by atoms with Gasteiger partial charge in [-0.2, -0.15) is 0 Å². The van der Waals surface area contributed by atoms with Gasteiger partial charge in [0.25, 0.3) is 5.91 Å². The summed E-state index contributed by atoms with van der Waals surface area (Å²) in [6, 6.07) is 22.6. The fourth-order valence-electron chi connectivity index (χ4n) is 2.75. The van der Waals surface area contributed by atoms with Crippen LogP contribution in [0.5, 0.6) is 0 Å². The summed E-state index contributed by atoms with van der Waals surface area (Å²) < 4.78 is 0.809. The van der Waals surface area contributed by atoms with Crippen LogP contribution in [0.2, 0.25) is 0 Å². The van der Waals surface area contributed by atoms with E-state index >= 15 is 0 Å². The SMILES string of the molecule is Cc1ccc(CNC(=O)c2ccccc2NCC(=O)Nc2ccccc2Br)cc1. The molecule has 0 aliphatic carbocycles. The fraction of sp³-hybridized carbons (Fsp3) is 0.130. The largest absolute Gasteiger partial charge is 0.376 e. The van der Waals surface area contributed by atoms with Gasteiger partial charge in [-0.15, -0.1) is 0 Å². The lowest BCUT2D eigenvalue weighted by Gasteiger charge is -2.13. The third-order valence-corrected chi connectivity index (χ3v) is 5.02. The first-order valence-electron chi connectivity index (χ1n) is 9.24. The lowest BCUT2D eigenvalue weighted by atomic mass is 10.1. The van der Waals surface area contributed by atoms with E-state index in [9.17, 15) is 9.59 Å². The average molecular weight is 452 g/mol. The van der Waals surface area contributed by atoms with Gasteiger partial charge in [-0.3, -0.25) is 9.59 Å². The van der Waals surface area contributed by atoms with E-state index in [1.807, 2.05) is 61.5 Å². The molecule has 0 atom stereocenters. The first kappa shape index (κ1) is 20.6. The summed E-state index contributed by atoms with van der Waals surface area (Å²) in [4.78, 5) is 24.9. The molecule has 6 heteroatoms. The lowest BCUT2D eigenvalue weighted by Crippen LogP contribution is -2.26. The summed E-state index contributed by atoms with van der Waals surface area (Å²) in [5, 5.41) is 8.81. The molecule has 0 heterocycles. The zero-order valence-electron chi connectivity index (χ0n) is 16.0. The molecule has 3 aromatic carbocycles. The Morgan fingerprint density at radius 2 is 1.52 bits per heavy atom. The second-order valence-corrected chi connectivity index (χ2v) is 7.45. The van der Waals surface area contributed by atoms with Crippen molar-refractivity contribution in [2.24, 2.45) is 0 Å². The number of anilines is 2. The van der Waals surface area contributed by atoms with Gasteiger partial charge >= 0.3 is 0 Å². The highest BCUT2D eigenvalue weighted by molar-refractivity contribution is 9.10. The van der Waals surface area contributed by atoms with E-state index < -0.39 is 0 Å². The summed E-state index contributed by atoms with van der Waals surface area (Å²) in [6.07, 6.45) is 0. The van der Waals surface area contributed by atoms with Crippen molar-refractivity contribution in [3.05, 3.63) is 94.0 Å². The summed E-state index contributed by atoms with van der Waals surface area (Å²) in [5.74, 6) is -0.397. The van der Waals surface area contributed by atoms with Crippen molar-refractivity contribution >= 4 is 39.1 Å². The number of aryl methyl sites for hydroxylation is 1. The fourth-order valence-corrected chi connectivity index (χ4v) is 3.14. The van der Waals surface area contributed by atoms with Gasteiger partial charge in [-0.05, 0) is 52.7 Å². The standard InChI is InChI=1S/C23H22BrN3O2/c1-16-10-12-17(13-11-16)14-26-23(29)18-6-2-4-8-20(18)25-15-22(28)27-21-9-5-3-7-19(21)24/h2-13,25H,14-15H2,1H3,(H,26,29)(H,27,28). The second-order valence-electron chi connectivity index (χ2n) is 6.60.